The largest absolute Gasteiger partial charge is 0.618 e. The Morgan fingerprint density at radius 1 is 1.25 bits per heavy atom. The lowest BCUT2D eigenvalue weighted by Crippen LogP contribution is -2.35. The Hall–Kier alpha value is -2.96. The third-order valence-corrected chi connectivity index (χ3v) is 3.97. The van der Waals surface area contributed by atoms with Crippen molar-refractivity contribution in [2.24, 2.45) is 0 Å². The highest BCUT2D eigenvalue weighted by Gasteiger charge is 2.32. The molecule has 2 rings (SSSR count). The van der Waals surface area contributed by atoms with E-state index in [1.54, 1.807) is 30.3 Å². The van der Waals surface area contributed by atoms with Gasteiger partial charge in [0.05, 0.1) is 13.0 Å². The summed E-state index contributed by atoms with van der Waals surface area (Å²) in [4.78, 5) is 23.2. The molecule has 0 fully saturated rings. The van der Waals surface area contributed by atoms with Crippen molar-refractivity contribution in [2.75, 3.05) is 7.11 Å². The normalized spacial score (nSPS) is 13.1. The second-order valence-electron chi connectivity index (χ2n) is 5.44. The molecule has 0 saturated carbocycles. The molecule has 7 heteroatoms. The second kappa shape index (κ2) is 7.54. The second-order valence-corrected chi connectivity index (χ2v) is 5.44. The van der Waals surface area contributed by atoms with Crippen LogP contribution in [0, 0.1) is 15.3 Å². The zero-order chi connectivity index (χ0) is 17.7. The highest BCUT2D eigenvalue weighted by molar-refractivity contribution is 5.93. The van der Waals surface area contributed by atoms with Crippen LogP contribution in [0.4, 0.5) is 0 Å². The van der Waals surface area contributed by atoms with Gasteiger partial charge in [-0.2, -0.15) is 4.73 Å². The van der Waals surface area contributed by atoms with Gasteiger partial charge >= 0.3 is 0 Å². The van der Waals surface area contributed by atoms with Gasteiger partial charge in [0.15, 0.2) is 6.20 Å². The summed E-state index contributed by atoms with van der Waals surface area (Å²) in [5.41, 5.74) is 0.633. The number of methoxy groups -OCH3 is 1. The van der Waals surface area contributed by atoms with E-state index in [2.05, 4.69) is 0 Å². The number of ketones is 1. The molecule has 1 aromatic carbocycles. The topological polar surface area (TPSA) is 96.4 Å². The number of hydrogen-bond donors (Lipinski definition) is 0. The Morgan fingerprint density at radius 3 is 2.46 bits per heavy atom. The maximum absolute atomic E-state index is 12.4. The van der Waals surface area contributed by atoms with Gasteiger partial charge in [-0.15, -0.1) is 0 Å². The molecular formula is C17H18N2O5. The first kappa shape index (κ1) is 17.4. The van der Waals surface area contributed by atoms with Gasteiger partial charge in [0.25, 0.3) is 5.69 Å². The maximum atomic E-state index is 12.4. The number of nitro groups is 1. The third kappa shape index (κ3) is 3.87. The number of hydrogen-bond acceptors (Lipinski definition) is 5. The molecule has 0 saturated heterocycles. The average Bonchev–Trinajstić information content (AvgIpc) is 2.59. The van der Waals surface area contributed by atoms with E-state index in [9.17, 15) is 20.1 Å². The Morgan fingerprint density at radius 2 is 1.92 bits per heavy atom. The zero-order valence-electron chi connectivity index (χ0n) is 13.4. The van der Waals surface area contributed by atoms with Gasteiger partial charge in [-0.05, 0) is 23.8 Å². The lowest BCUT2D eigenvalue weighted by Gasteiger charge is -2.18. The third-order valence-electron chi connectivity index (χ3n) is 3.97. The fourth-order valence-corrected chi connectivity index (χ4v) is 2.51. The highest BCUT2D eigenvalue weighted by atomic mass is 16.6. The number of pyridine rings is 1. The predicted octanol–water partition coefficient (Wildman–Crippen LogP) is 2.35. The molecule has 2 atom stereocenters. The Kier molecular flexibility index (Phi) is 5.47. The molecule has 2 aromatic rings. The van der Waals surface area contributed by atoms with E-state index in [0.29, 0.717) is 16.0 Å². The first-order chi connectivity index (χ1) is 11.4. The summed E-state index contributed by atoms with van der Waals surface area (Å²) in [6.45, 7) is 1.46. The van der Waals surface area contributed by atoms with Crippen LogP contribution in [-0.2, 0) is 0 Å². The minimum Gasteiger partial charge on any atom is -0.618 e. The van der Waals surface area contributed by atoms with Gasteiger partial charge in [0, 0.05) is 30.4 Å². The van der Waals surface area contributed by atoms with Crippen molar-refractivity contribution < 1.29 is 19.2 Å². The van der Waals surface area contributed by atoms with Crippen molar-refractivity contribution in [2.45, 2.75) is 25.3 Å². The van der Waals surface area contributed by atoms with Crippen LogP contribution in [0.2, 0.25) is 0 Å². The average molecular weight is 330 g/mol. The van der Waals surface area contributed by atoms with E-state index in [-0.39, 0.29) is 12.1 Å². The first-order valence-corrected chi connectivity index (χ1v) is 7.43. The van der Waals surface area contributed by atoms with Gasteiger partial charge in [-0.3, -0.25) is 14.9 Å². The van der Waals surface area contributed by atoms with Crippen LogP contribution in [0.3, 0.4) is 0 Å². The molecule has 0 unspecified atom stereocenters. The van der Waals surface area contributed by atoms with Gasteiger partial charge < -0.3 is 9.94 Å². The molecule has 24 heavy (non-hydrogen) atoms. The molecule has 0 aliphatic carbocycles. The molecule has 0 amide bonds. The Balaban J connectivity index is 2.31. The van der Waals surface area contributed by atoms with E-state index < -0.39 is 22.7 Å². The summed E-state index contributed by atoms with van der Waals surface area (Å²) in [6, 6.07) is 10.3. The summed E-state index contributed by atoms with van der Waals surface area (Å²) in [7, 11) is 1.53. The Labute approximate surface area is 139 Å². The smallest absolute Gasteiger partial charge is 0.259 e. The molecule has 0 radical (unpaired) electrons. The van der Waals surface area contributed by atoms with E-state index in [0.717, 1.165) is 0 Å². The lowest BCUT2D eigenvalue weighted by molar-refractivity contribution is -0.607. The van der Waals surface area contributed by atoms with Crippen LogP contribution in [0.25, 0.3) is 0 Å². The quantitative estimate of drug-likeness (QED) is 0.255. The highest BCUT2D eigenvalue weighted by Crippen LogP contribution is 2.28. The maximum Gasteiger partial charge on any atom is 0.259 e. The fraction of sp³-hybridized carbons (Fsp3) is 0.294. The molecule has 7 nitrogen and oxygen atoms in total. The number of carbonyl (C=O) groups excluding carboxylic acids is 1. The lowest BCUT2D eigenvalue weighted by atomic mass is 9.87. The van der Waals surface area contributed by atoms with Crippen molar-refractivity contribution in [1.29, 1.82) is 0 Å². The van der Waals surface area contributed by atoms with Crippen molar-refractivity contribution in [3.8, 4) is 5.75 Å². The van der Waals surface area contributed by atoms with Crippen LogP contribution in [0.1, 0.15) is 35.3 Å². The van der Waals surface area contributed by atoms with Gasteiger partial charge in [-0.1, -0.05) is 12.1 Å². The van der Waals surface area contributed by atoms with Crippen LogP contribution in [0.15, 0.2) is 48.7 Å². The van der Waals surface area contributed by atoms with Crippen molar-refractivity contribution in [1.82, 2.24) is 0 Å². The summed E-state index contributed by atoms with van der Waals surface area (Å²) in [5.74, 6) is -0.447. The predicted molar refractivity (Wildman–Crippen MR) is 86.5 cm³/mol. The molecule has 0 bridgehead atoms. The number of aromatic nitrogens is 1. The SMILES string of the molecule is COc1ccc([C@@H](CC(=O)c2cccc[n+]2[O-])[C@@H](C)[N+](=O)[O-])cc1. The van der Waals surface area contributed by atoms with Crippen LogP contribution in [0.5, 0.6) is 5.75 Å². The molecule has 0 spiro atoms. The van der Waals surface area contributed by atoms with Crippen LogP contribution < -0.4 is 9.47 Å². The molecule has 1 heterocycles. The first-order valence-electron chi connectivity index (χ1n) is 7.43. The summed E-state index contributed by atoms with van der Waals surface area (Å²) in [6.07, 6.45) is 1.10. The monoisotopic (exact) mass is 330 g/mol. The molecule has 126 valence electrons. The molecular weight excluding hydrogens is 312 g/mol. The summed E-state index contributed by atoms with van der Waals surface area (Å²) in [5, 5.41) is 22.9. The number of nitrogens with zero attached hydrogens (tertiary/aromatic N) is 2. The number of Topliss-reactive ketones (excluding diaryl/α,β-unsaturated/α-hetero) is 1. The van der Waals surface area contributed by atoms with Crippen molar-refractivity contribution in [3.05, 3.63) is 75.2 Å². The Bertz CT molecular complexity index is 730. The van der Waals surface area contributed by atoms with E-state index in [1.165, 1.54) is 32.4 Å². The summed E-state index contributed by atoms with van der Waals surface area (Å²) < 4.78 is 5.55. The van der Waals surface area contributed by atoms with Crippen molar-refractivity contribution in [3.63, 3.8) is 0 Å². The summed E-state index contributed by atoms with van der Waals surface area (Å²) >= 11 is 0. The standard InChI is InChI=1S/C17H18N2O5/c1-12(19(22)23)15(13-6-8-14(24-2)9-7-13)11-17(20)16-5-3-4-10-18(16)21/h3-10,12,15H,11H2,1-2H3/t12-,15+/m1/s1. The number of benzene rings is 1. The van der Waals surface area contributed by atoms with E-state index >= 15 is 0 Å². The molecule has 1 aromatic heterocycles. The number of carbonyl (C=O) groups is 1. The number of ether oxygens (including phenoxy) is 1. The van der Waals surface area contributed by atoms with Gasteiger partial charge in [-0.25, -0.2) is 0 Å². The van der Waals surface area contributed by atoms with Gasteiger partial charge in [0.2, 0.25) is 11.8 Å². The minimum atomic E-state index is -0.967. The van der Waals surface area contributed by atoms with E-state index in [1.807, 2.05) is 0 Å². The van der Waals surface area contributed by atoms with Crippen molar-refractivity contribution >= 4 is 5.78 Å². The molecule has 0 aliphatic rings. The number of rotatable bonds is 7. The van der Waals surface area contributed by atoms with E-state index in [4.69, 9.17) is 4.74 Å². The molecule has 0 N–H and O–H groups in total. The van der Waals surface area contributed by atoms with Gasteiger partial charge in [0.1, 0.15) is 5.75 Å². The van der Waals surface area contributed by atoms with Crippen LogP contribution in [-0.4, -0.2) is 23.9 Å². The molecule has 0 aliphatic heterocycles. The fourth-order valence-electron chi connectivity index (χ4n) is 2.51. The minimum absolute atomic E-state index is 0.0217. The zero-order valence-corrected chi connectivity index (χ0v) is 13.4. The van der Waals surface area contributed by atoms with Crippen LogP contribution >= 0.6 is 0 Å².